The fourth-order valence-corrected chi connectivity index (χ4v) is 3.30. The molecule has 0 unspecified atom stereocenters. The van der Waals surface area contributed by atoms with E-state index in [1.807, 2.05) is 32.0 Å². The first-order chi connectivity index (χ1) is 14.9. The molecule has 0 fully saturated rings. The van der Waals surface area contributed by atoms with E-state index >= 15 is 0 Å². The van der Waals surface area contributed by atoms with Crippen molar-refractivity contribution < 1.29 is 14.3 Å². The van der Waals surface area contributed by atoms with Crippen LogP contribution in [-0.4, -0.2) is 22.6 Å². The maximum atomic E-state index is 12.8. The molecule has 1 aromatic heterocycles. The first kappa shape index (κ1) is 22.1. The summed E-state index contributed by atoms with van der Waals surface area (Å²) in [6.07, 6.45) is 0.796. The van der Waals surface area contributed by atoms with Crippen LogP contribution in [0.3, 0.4) is 0 Å². The summed E-state index contributed by atoms with van der Waals surface area (Å²) in [5.74, 6) is 1.43. The van der Waals surface area contributed by atoms with E-state index in [4.69, 9.17) is 9.47 Å². The Morgan fingerprint density at radius 2 is 1.81 bits per heavy atom. The lowest BCUT2D eigenvalue weighted by molar-refractivity contribution is -0.116. The average molecular weight is 421 g/mol. The van der Waals surface area contributed by atoms with E-state index in [1.165, 1.54) is 10.6 Å². The number of ether oxygens (including phenoxy) is 2. The van der Waals surface area contributed by atoms with E-state index < -0.39 is 0 Å². The number of para-hydroxylation sites is 1. The van der Waals surface area contributed by atoms with Crippen LogP contribution in [-0.2, 0) is 24.4 Å². The van der Waals surface area contributed by atoms with Crippen LogP contribution in [0.1, 0.15) is 29.6 Å². The number of hydrogen-bond acceptors (Lipinski definition) is 5. The Balaban J connectivity index is 1.79. The molecule has 31 heavy (non-hydrogen) atoms. The SMILES string of the molecule is CCc1cccc(C)c1NC(=O)Cn1c(COc2ccc(OC)cc2)nc(C)cc1=O. The van der Waals surface area contributed by atoms with Gasteiger partial charge in [0.25, 0.3) is 5.56 Å². The highest BCUT2D eigenvalue weighted by Gasteiger charge is 2.14. The lowest BCUT2D eigenvalue weighted by Gasteiger charge is -2.16. The summed E-state index contributed by atoms with van der Waals surface area (Å²) in [5, 5.41) is 2.95. The van der Waals surface area contributed by atoms with Gasteiger partial charge in [-0.2, -0.15) is 0 Å². The fraction of sp³-hybridized carbons (Fsp3) is 0.292. The van der Waals surface area contributed by atoms with Crippen molar-refractivity contribution in [2.45, 2.75) is 40.3 Å². The molecule has 1 N–H and O–H groups in total. The third-order valence-corrected chi connectivity index (χ3v) is 4.95. The van der Waals surface area contributed by atoms with Gasteiger partial charge in [0, 0.05) is 17.4 Å². The van der Waals surface area contributed by atoms with Crippen LogP contribution < -0.4 is 20.3 Å². The van der Waals surface area contributed by atoms with Crippen LogP contribution >= 0.6 is 0 Å². The number of carbonyl (C=O) groups is 1. The molecule has 0 radical (unpaired) electrons. The van der Waals surface area contributed by atoms with Gasteiger partial charge >= 0.3 is 0 Å². The standard InChI is InChI=1S/C24H27N3O4/c1-5-18-8-6-7-16(2)24(18)26-22(28)14-27-21(25-17(3)13-23(27)29)15-31-20-11-9-19(30-4)10-12-20/h6-13H,5,14-15H2,1-4H3,(H,26,28). The predicted molar refractivity (Wildman–Crippen MR) is 120 cm³/mol. The van der Waals surface area contributed by atoms with E-state index in [0.29, 0.717) is 17.3 Å². The van der Waals surface area contributed by atoms with Crippen LogP contribution in [0.5, 0.6) is 11.5 Å². The molecule has 0 bridgehead atoms. The predicted octanol–water partition coefficient (Wildman–Crippen LogP) is 3.65. The molecule has 7 nitrogen and oxygen atoms in total. The maximum absolute atomic E-state index is 12.8. The van der Waals surface area contributed by atoms with Crippen molar-refractivity contribution in [2.24, 2.45) is 0 Å². The Labute approximate surface area is 181 Å². The van der Waals surface area contributed by atoms with Gasteiger partial charge in [-0.1, -0.05) is 25.1 Å². The Hall–Kier alpha value is -3.61. The summed E-state index contributed by atoms with van der Waals surface area (Å²) < 4.78 is 12.3. The van der Waals surface area contributed by atoms with Gasteiger partial charge in [-0.15, -0.1) is 0 Å². The van der Waals surface area contributed by atoms with Crippen LogP contribution in [0.4, 0.5) is 5.69 Å². The number of nitrogens with one attached hydrogen (secondary N) is 1. The normalized spacial score (nSPS) is 10.6. The first-order valence-corrected chi connectivity index (χ1v) is 10.1. The summed E-state index contributed by atoms with van der Waals surface area (Å²) in [6, 6.07) is 14.4. The van der Waals surface area contributed by atoms with E-state index in [1.54, 1.807) is 38.3 Å². The van der Waals surface area contributed by atoms with Crippen molar-refractivity contribution in [1.82, 2.24) is 9.55 Å². The van der Waals surface area contributed by atoms with E-state index in [-0.39, 0.29) is 24.6 Å². The Morgan fingerprint density at radius 1 is 1.10 bits per heavy atom. The van der Waals surface area contributed by atoms with Crippen molar-refractivity contribution in [3.63, 3.8) is 0 Å². The monoisotopic (exact) mass is 421 g/mol. The second kappa shape index (κ2) is 9.93. The van der Waals surface area contributed by atoms with Gasteiger partial charge in [0.1, 0.15) is 30.5 Å². The first-order valence-electron chi connectivity index (χ1n) is 10.1. The zero-order chi connectivity index (χ0) is 22.4. The van der Waals surface area contributed by atoms with E-state index in [0.717, 1.165) is 29.0 Å². The molecule has 3 aromatic rings. The van der Waals surface area contributed by atoms with Gasteiger partial charge in [0.05, 0.1) is 7.11 Å². The number of carbonyl (C=O) groups excluding carboxylic acids is 1. The van der Waals surface area contributed by atoms with Gasteiger partial charge in [-0.25, -0.2) is 4.98 Å². The van der Waals surface area contributed by atoms with Gasteiger partial charge in [-0.3, -0.25) is 14.2 Å². The molecule has 0 saturated carbocycles. The zero-order valence-electron chi connectivity index (χ0n) is 18.3. The number of anilines is 1. The van der Waals surface area contributed by atoms with Gasteiger partial charge in [-0.05, 0) is 55.7 Å². The Kier molecular flexibility index (Phi) is 7.07. The Morgan fingerprint density at radius 3 is 2.48 bits per heavy atom. The minimum atomic E-state index is -0.295. The van der Waals surface area contributed by atoms with Gasteiger partial charge in [0.2, 0.25) is 5.91 Å². The molecule has 0 aliphatic rings. The maximum Gasteiger partial charge on any atom is 0.254 e. The van der Waals surface area contributed by atoms with E-state index in [2.05, 4.69) is 10.3 Å². The van der Waals surface area contributed by atoms with Crippen LogP contribution in [0.15, 0.2) is 53.3 Å². The summed E-state index contributed by atoms with van der Waals surface area (Å²) >= 11 is 0. The molecule has 1 amide bonds. The molecular weight excluding hydrogens is 394 g/mol. The Bertz CT molecular complexity index is 1120. The molecule has 0 saturated heterocycles. The molecule has 0 aliphatic heterocycles. The van der Waals surface area contributed by atoms with Crippen LogP contribution in [0, 0.1) is 13.8 Å². The van der Waals surface area contributed by atoms with Crippen LogP contribution in [0.25, 0.3) is 0 Å². The fourth-order valence-electron chi connectivity index (χ4n) is 3.30. The second-order valence-electron chi connectivity index (χ2n) is 7.21. The average Bonchev–Trinajstić information content (AvgIpc) is 2.76. The van der Waals surface area contributed by atoms with Crippen LogP contribution in [0.2, 0.25) is 0 Å². The third-order valence-electron chi connectivity index (χ3n) is 4.95. The molecule has 0 aliphatic carbocycles. The topological polar surface area (TPSA) is 82.5 Å². The number of methoxy groups -OCH3 is 1. The highest BCUT2D eigenvalue weighted by atomic mass is 16.5. The lowest BCUT2D eigenvalue weighted by Crippen LogP contribution is -2.32. The van der Waals surface area contributed by atoms with Gasteiger partial charge < -0.3 is 14.8 Å². The molecule has 0 atom stereocenters. The number of hydrogen-bond donors (Lipinski definition) is 1. The number of benzene rings is 2. The molecule has 0 spiro atoms. The molecule has 3 rings (SSSR count). The molecule has 1 heterocycles. The highest BCUT2D eigenvalue weighted by Crippen LogP contribution is 2.21. The molecule has 162 valence electrons. The smallest absolute Gasteiger partial charge is 0.254 e. The number of aromatic nitrogens is 2. The highest BCUT2D eigenvalue weighted by molar-refractivity contribution is 5.92. The molecule has 2 aromatic carbocycles. The van der Waals surface area contributed by atoms with E-state index in [9.17, 15) is 9.59 Å². The van der Waals surface area contributed by atoms with Crippen molar-refractivity contribution >= 4 is 11.6 Å². The zero-order valence-corrected chi connectivity index (χ0v) is 18.3. The summed E-state index contributed by atoms with van der Waals surface area (Å²) in [7, 11) is 1.59. The van der Waals surface area contributed by atoms with Crippen molar-refractivity contribution in [3.8, 4) is 11.5 Å². The summed E-state index contributed by atoms with van der Waals surface area (Å²) in [5.41, 5.74) is 3.09. The number of amides is 1. The van der Waals surface area contributed by atoms with Crippen molar-refractivity contribution in [2.75, 3.05) is 12.4 Å². The number of nitrogens with zero attached hydrogens (tertiary/aromatic N) is 2. The number of aryl methyl sites for hydroxylation is 3. The molecular formula is C24H27N3O4. The minimum absolute atomic E-state index is 0.0567. The minimum Gasteiger partial charge on any atom is -0.497 e. The quantitative estimate of drug-likeness (QED) is 0.600. The number of rotatable bonds is 8. The third kappa shape index (κ3) is 5.51. The summed E-state index contributed by atoms with van der Waals surface area (Å²) in [6.45, 7) is 5.63. The second-order valence-corrected chi connectivity index (χ2v) is 7.21. The summed E-state index contributed by atoms with van der Waals surface area (Å²) in [4.78, 5) is 29.8. The van der Waals surface area contributed by atoms with Crippen molar-refractivity contribution in [3.05, 3.63) is 81.5 Å². The lowest BCUT2D eigenvalue weighted by atomic mass is 10.1. The molecule has 7 heteroatoms. The largest absolute Gasteiger partial charge is 0.497 e. The van der Waals surface area contributed by atoms with Crippen molar-refractivity contribution in [1.29, 1.82) is 0 Å². The van der Waals surface area contributed by atoms with Gasteiger partial charge in [0.15, 0.2) is 0 Å².